The quantitative estimate of drug-likeness (QED) is 0.866. The maximum atomic E-state index is 11.0. The van der Waals surface area contributed by atoms with Crippen molar-refractivity contribution in [3.05, 3.63) is 16.4 Å². The van der Waals surface area contributed by atoms with Gasteiger partial charge in [-0.1, -0.05) is 18.5 Å². The number of carboxylic acid groups (broad SMARTS) is 1. The number of carboxylic acids is 1. The van der Waals surface area contributed by atoms with Crippen LogP contribution in [0.15, 0.2) is 0 Å². The minimum atomic E-state index is -0.778. The zero-order valence-corrected chi connectivity index (χ0v) is 10.6. The van der Waals surface area contributed by atoms with Gasteiger partial charge in [0.15, 0.2) is 0 Å². The Hall–Kier alpha value is -1.03. The Balaban J connectivity index is 2.99. The molecule has 0 aliphatic rings. The Labute approximate surface area is 100 Å². The van der Waals surface area contributed by atoms with E-state index in [9.17, 15) is 4.79 Å². The van der Waals surface area contributed by atoms with E-state index in [0.717, 1.165) is 11.4 Å². The molecule has 90 valence electrons. The summed E-state index contributed by atoms with van der Waals surface area (Å²) in [6, 6.07) is 0. The molecule has 1 aromatic heterocycles. The summed E-state index contributed by atoms with van der Waals surface area (Å²) in [5.41, 5.74) is 1.59. The molecule has 1 heterocycles. The largest absolute Gasteiger partial charge is 0.481 e. The Bertz CT molecular complexity index is 388. The van der Waals surface area contributed by atoms with Crippen LogP contribution >= 0.6 is 11.6 Å². The first-order valence-corrected chi connectivity index (χ1v) is 5.83. The van der Waals surface area contributed by atoms with Crippen LogP contribution in [-0.4, -0.2) is 20.9 Å². The lowest BCUT2D eigenvalue weighted by molar-refractivity contribution is -0.141. The summed E-state index contributed by atoms with van der Waals surface area (Å²) in [6.45, 7) is 6.37. The highest BCUT2D eigenvalue weighted by Crippen LogP contribution is 2.24. The summed E-state index contributed by atoms with van der Waals surface area (Å²) >= 11 is 6.12. The highest BCUT2D eigenvalue weighted by Gasteiger charge is 2.21. The van der Waals surface area contributed by atoms with E-state index < -0.39 is 5.97 Å². The van der Waals surface area contributed by atoms with Gasteiger partial charge >= 0.3 is 5.97 Å². The fraction of sp³-hybridized carbons (Fsp3) is 0.636. The molecule has 1 aromatic rings. The van der Waals surface area contributed by atoms with Crippen LogP contribution in [0.1, 0.15) is 31.7 Å². The van der Waals surface area contributed by atoms with Crippen molar-refractivity contribution >= 4 is 17.6 Å². The third-order valence-electron chi connectivity index (χ3n) is 2.73. The van der Waals surface area contributed by atoms with Crippen molar-refractivity contribution in [1.29, 1.82) is 0 Å². The van der Waals surface area contributed by atoms with Gasteiger partial charge in [-0.05, 0) is 20.3 Å². The number of rotatable bonds is 5. The topological polar surface area (TPSA) is 55.1 Å². The lowest BCUT2D eigenvalue weighted by Gasteiger charge is -2.11. The number of aromatic nitrogens is 2. The molecule has 0 aromatic carbocycles. The van der Waals surface area contributed by atoms with E-state index >= 15 is 0 Å². The predicted octanol–water partition coefficient (Wildman–Crippen LogP) is 2.52. The van der Waals surface area contributed by atoms with Gasteiger partial charge in [-0.15, -0.1) is 0 Å². The molecule has 0 aliphatic carbocycles. The molecule has 1 rings (SSSR count). The van der Waals surface area contributed by atoms with Gasteiger partial charge in [0.1, 0.15) is 0 Å². The zero-order chi connectivity index (χ0) is 12.3. The summed E-state index contributed by atoms with van der Waals surface area (Å²) in [5.74, 6) is -1.17. The smallest absolute Gasteiger partial charge is 0.306 e. The lowest BCUT2D eigenvalue weighted by Crippen LogP contribution is -2.17. The third-order valence-corrected chi connectivity index (χ3v) is 3.23. The summed E-state index contributed by atoms with van der Waals surface area (Å²) in [6.07, 6.45) is 1.04. The van der Waals surface area contributed by atoms with Crippen LogP contribution in [0.5, 0.6) is 0 Å². The molecule has 1 atom stereocenters. The third kappa shape index (κ3) is 2.55. The van der Waals surface area contributed by atoms with Crippen molar-refractivity contribution in [1.82, 2.24) is 9.78 Å². The summed E-state index contributed by atoms with van der Waals surface area (Å²) < 4.78 is 1.78. The SMILES string of the molecule is CCC(Cc1c(Cl)c(C)nn1CC)C(=O)O. The molecule has 0 saturated heterocycles. The molecule has 0 saturated carbocycles. The van der Waals surface area contributed by atoms with Gasteiger partial charge in [-0.3, -0.25) is 9.48 Å². The van der Waals surface area contributed by atoms with Gasteiger partial charge in [0, 0.05) is 13.0 Å². The average Bonchev–Trinajstić information content (AvgIpc) is 2.51. The molecule has 4 nitrogen and oxygen atoms in total. The zero-order valence-electron chi connectivity index (χ0n) is 9.83. The summed E-state index contributed by atoms with van der Waals surface area (Å²) in [4.78, 5) is 11.0. The van der Waals surface area contributed by atoms with Crippen molar-refractivity contribution in [2.75, 3.05) is 0 Å². The number of nitrogens with zero attached hydrogens (tertiary/aromatic N) is 2. The fourth-order valence-electron chi connectivity index (χ4n) is 1.70. The number of hydrogen-bond acceptors (Lipinski definition) is 2. The highest BCUT2D eigenvalue weighted by atomic mass is 35.5. The molecule has 0 amide bonds. The van der Waals surface area contributed by atoms with E-state index in [-0.39, 0.29) is 5.92 Å². The summed E-state index contributed by atoms with van der Waals surface area (Å²) in [7, 11) is 0. The molecule has 0 aliphatic heterocycles. The van der Waals surface area contributed by atoms with Crippen molar-refractivity contribution in [3.8, 4) is 0 Å². The van der Waals surface area contributed by atoms with E-state index in [1.165, 1.54) is 0 Å². The number of aliphatic carboxylic acids is 1. The molecule has 0 bridgehead atoms. The second-order valence-electron chi connectivity index (χ2n) is 3.81. The van der Waals surface area contributed by atoms with E-state index in [1.54, 1.807) is 4.68 Å². The number of aryl methyl sites for hydroxylation is 2. The lowest BCUT2D eigenvalue weighted by atomic mass is 10.0. The maximum absolute atomic E-state index is 11.0. The fourth-order valence-corrected chi connectivity index (χ4v) is 1.92. The normalized spacial score (nSPS) is 12.8. The number of carbonyl (C=O) groups is 1. The van der Waals surface area contributed by atoms with Gasteiger partial charge in [0.2, 0.25) is 0 Å². The first-order valence-electron chi connectivity index (χ1n) is 5.45. The van der Waals surface area contributed by atoms with Gasteiger partial charge < -0.3 is 5.11 Å². The van der Waals surface area contributed by atoms with Crippen LogP contribution in [0.3, 0.4) is 0 Å². The molecule has 1 unspecified atom stereocenters. The van der Waals surface area contributed by atoms with E-state index in [4.69, 9.17) is 16.7 Å². The minimum Gasteiger partial charge on any atom is -0.481 e. The predicted molar refractivity (Wildman–Crippen MR) is 62.8 cm³/mol. The van der Waals surface area contributed by atoms with E-state index in [1.807, 2.05) is 20.8 Å². The van der Waals surface area contributed by atoms with Gasteiger partial charge in [0.05, 0.1) is 22.3 Å². The van der Waals surface area contributed by atoms with Crippen LogP contribution in [0.2, 0.25) is 5.02 Å². The molecule has 0 spiro atoms. The van der Waals surface area contributed by atoms with Gasteiger partial charge in [0.25, 0.3) is 0 Å². The maximum Gasteiger partial charge on any atom is 0.306 e. The molecule has 5 heteroatoms. The first kappa shape index (κ1) is 13.0. The average molecular weight is 245 g/mol. The standard InChI is InChI=1S/C11H17ClN2O2/c1-4-8(11(15)16)6-9-10(12)7(3)13-14(9)5-2/h8H,4-6H2,1-3H3,(H,15,16). The number of halogens is 1. The van der Waals surface area contributed by atoms with Crippen molar-refractivity contribution in [3.63, 3.8) is 0 Å². The molecule has 1 N–H and O–H groups in total. The molecule has 16 heavy (non-hydrogen) atoms. The van der Waals surface area contributed by atoms with Crippen molar-refractivity contribution in [2.45, 2.75) is 40.2 Å². The second kappa shape index (κ2) is 5.34. The Morgan fingerprint density at radius 2 is 2.19 bits per heavy atom. The van der Waals surface area contributed by atoms with Crippen LogP contribution in [-0.2, 0) is 17.8 Å². The van der Waals surface area contributed by atoms with Crippen LogP contribution in [0, 0.1) is 12.8 Å². The Kier molecular flexibility index (Phi) is 4.35. The molecular formula is C11H17ClN2O2. The van der Waals surface area contributed by atoms with Crippen molar-refractivity contribution < 1.29 is 9.90 Å². The molecule has 0 radical (unpaired) electrons. The molecule has 0 fully saturated rings. The van der Waals surface area contributed by atoms with E-state index in [0.29, 0.717) is 24.4 Å². The van der Waals surface area contributed by atoms with Crippen LogP contribution < -0.4 is 0 Å². The van der Waals surface area contributed by atoms with Gasteiger partial charge in [-0.25, -0.2) is 0 Å². The Morgan fingerprint density at radius 1 is 1.56 bits per heavy atom. The van der Waals surface area contributed by atoms with Crippen molar-refractivity contribution in [2.24, 2.45) is 5.92 Å². The highest BCUT2D eigenvalue weighted by molar-refractivity contribution is 6.31. The minimum absolute atomic E-state index is 0.390. The monoisotopic (exact) mass is 244 g/mol. The van der Waals surface area contributed by atoms with Crippen LogP contribution in [0.4, 0.5) is 0 Å². The molecular weight excluding hydrogens is 228 g/mol. The number of hydrogen-bond donors (Lipinski definition) is 1. The second-order valence-corrected chi connectivity index (χ2v) is 4.19. The van der Waals surface area contributed by atoms with E-state index in [2.05, 4.69) is 5.10 Å². The first-order chi connectivity index (χ1) is 7.51. The van der Waals surface area contributed by atoms with Gasteiger partial charge in [-0.2, -0.15) is 5.10 Å². The van der Waals surface area contributed by atoms with Crippen LogP contribution in [0.25, 0.3) is 0 Å². The Morgan fingerprint density at radius 3 is 2.62 bits per heavy atom. The summed E-state index contributed by atoms with van der Waals surface area (Å²) in [5, 5.41) is 13.9.